The number of rotatable bonds is 7. The lowest BCUT2D eigenvalue weighted by Crippen LogP contribution is -2.45. The Balaban J connectivity index is 1.71. The van der Waals surface area contributed by atoms with E-state index >= 15 is 0 Å². The molecule has 0 aliphatic heterocycles. The van der Waals surface area contributed by atoms with Gasteiger partial charge < -0.3 is 5.32 Å². The number of carbonyl (C=O) groups is 1. The Morgan fingerprint density at radius 1 is 1.03 bits per heavy atom. The fraction of sp³-hybridized carbons (Fsp3) is 0.409. The maximum absolute atomic E-state index is 13.3. The van der Waals surface area contributed by atoms with E-state index in [2.05, 4.69) is 10.0 Å². The lowest BCUT2D eigenvalue weighted by atomic mass is 9.68. The Kier molecular flexibility index (Phi) is 6.98. The van der Waals surface area contributed by atoms with E-state index in [1.165, 1.54) is 7.05 Å². The van der Waals surface area contributed by atoms with Gasteiger partial charge in [0.25, 0.3) is 0 Å². The van der Waals surface area contributed by atoms with Gasteiger partial charge in [-0.2, -0.15) is 0 Å². The third-order valence-electron chi connectivity index (χ3n) is 5.66. The highest BCUT2D eigenvalue weighted by atomic mass is 35.5. The van der Waals surface area contributed by atoms with Crippen molar-refractivity contribution in [3.63, 3.8) is 0 Å². The molecule has 3 rings (SSSR count). The average Bonchev–Trinajstić information content (AvgIpc) is 2.73. The van der Waals surface area contributed by atoms with Gasteiger partial charge in [0, 0.05) is 11.6 Å². The highest BCUT2D eigenvalue weighted by Gasteiger charge is 2.41. The first kappa shape index (κ1) is 21.8. The second kappa shape index (κ2) is 9.28. The number of hydrogen-bond donors (Lipinski definition) is 2. The number of halogens is 1. The van der Waals surface area contributed by atoms with E-state index in [1.807, 2.05) is 36.4 Å². The molecule has 29 heavy (non-hydrogen) atoms. The summed E-state index contributed by atoms with van der Waals surface area (Å²) in [5, 5.41) is 3.74. The first-order valence-corrected chi connectivity index (χ1v) is 11.9. The van der Waals surface area contributed by atoms with Gasteiger partial charge in [-0.1, -0.05) is 67.3 Å². The van der Waals surface area contributed by atoms with Gasteiger partial charge in [0.1, 0.15) is 0 Å². The van der Waals surface area contributed by atoms with E-state index in [4.69, 9.17) is 11.6 Å². The van der Waals surface area contributed by atoms with E-state index in [0.29, 0.717) is 17.1 Å². The lowest BCUT2D eigenvalue weighted by molar-refractivity contribution is -0.128. The summed E-state index contributed by atoms with van der Waals surface area (Å²) in [5.41, 5.74) is 2.08. The van der Waals surface area contributed by atoms with Gasteiger partial charge in [0.15, 0.2) is 0 Å². The Bertz CT molecular complexity index is 952. The lowest BCUT2D eigenvalue weighted by Gasteiger charge is -2.36. The second-order valence-corrected chi connectivity index (χ2v) is 9.98. The summed E-state index contributed by atoms with van der Waals surface area (Å²) in [6.07, 6.45) is 4.83. The molecule has 1 aliphatic carbocycles. The predicted molar refractivity (Wildman–Crippen MR) is 116 cm³/mol. The van der Waals surface area contributed by atoms with Gasteiger partial charge in [-0.3, -0.25) is 4.79 Å². The van der Waals surface area contributed by atoms with Crippen LogP contribution >= 0.6 is 11.6 Å². The maximum Gasteiger partial charge on any atom is 0.230 e. The quantitative estimate of drug-likeness (QED) is 0.693. The average molecular weight is 435 g/mol. The molecule has 0 saturated heterocycles. The number of carbonyl (C=O) groups excluding carboxylic acids is 1. The molecular formula is C22H27ClN2O3S. The summed E-state index contributed by atoms with van der Waals surface area (Å²) < 4.78 is 25.6. The molecule has 1 aliphatic rings. The molecule has 0 heterocycles. The van der Waals surface area contributed by atoms with Crippen molar-refractivity contribution in [1.82, 2.24) is 10.0 Å². The Morgan fingerprint density at radius 3 is 2.31 bits per heavy atom. The molecule has 156 valence electrons. The monoisotopic (exact) mass is 434 g/mol. The summed E-state index contributed by atoms with van der Waals surface area (Å²) in [7, 11) is -1.90. The Hall–Kier alpha value is -1.89. The molecule has 2 aromatic carbocycles. The van der Waals surface area contributed by atoms with Crippen LogP contribution in [0.5, 0.6) is 0 Å². The van der Waals surface area contributed by atoms with Crippen LogP contribution in [0.1, 0.15) is 48.8 Å². The van der Waals surface area contributed by atoms with Gasteiger partial charge >= 0.3 is 0 Å². The zero-order valence-electron chi connectivity index (χ0n) is 16.6. The van der Waals surface area contributed by atoms with Crippen molar-refractivity contribution in [1.29, 1.82) is 0 Å². The SMILES string of the molecule is CNS(=O)(=O)Cc1ccc(CNC(=O)C2(c3cccc(Cl)c3)CCCCC2)cc1. The van der Waals surface area contributed by atoms with Crippen LogP contribution in [0, 0.1) is 0 Å². The van der Waals surface area contributed by atoms with Gasteiger partial charge in [-0.15, -0.1) is 0 Å². The van der Waals surface area contributed by atoms with Crippen LogP contribution < -0.4 is 10.0 Å². The minimum absolute atomic E-state index is 0.0290. The van der Waals surface area contributed by atoms with Crippen molar-refractivity contribution in [2.45, 2.75) is 49.8 Å². The van der Waals surface area contributed by atoms with Crippen molar-refractivity contribution < 1.29 is 13.2 Å². The zero-order chi connectivity index (χ0) is 20.9. The fourth-order valence-corrected chi connectivity index (χ4v) is 4.95. The molecule has 0 bridgehead atoms. The Morgan fingerprint density at radius 2 is 1.69 bits per heavy atom. The van der Waals surface area contributed by atoms with Crippen molar-refractivity contribution in [2.75, 3.05) is 7.05 Å². The highest BCUT2D eigenvalue weighted by molar-refractivity contribution is 7.88. The van der Waals surface area contributed by atoms with E-state index < -0.39 is 15.4 Å². The molecule has 2 aromatic rings. The van der Waals surface area contributed by atoms with E-state index in [1.54, 1.807) is 12.1 Å². The second-order valence-electron chi connectivity index (χ2n) is 7.62. The number of hydrogen-bond acceptors (Lipinski definition) is 3. The first-order chi connectivity index (χ1) is 13.8. The van der Waals surface area contributed by atoms with Crippen molar-refractivity contribution in [3.8, 4) is 0 Å². The number of sulfonamides is 1. The zero-order valence-corrected chi connectivity index (χ0v) is 18.2. The molecular weight excluding hydrogens is 408 g/mol. The summed E-state index contributed by atoms with van der Waals surface area (Å²) >= 11 is 6.20. The molecule has 0 spiro atoms. The van der Waals surface area contributed by atoms with Gasteiger partial charge in [-0.25, -0.2) is 13.1 Å². The summed E-state index contributed by atoms with van der Waals surface area (Å²) in [4.78, 5) is 13.3. The molecule has 0 unspecified atom stereocenters. The highest BCUT2D eigenvalue weighted by Crippen LogP contribution is 2.40. The van der Waals surface area contributed by atoms with Crippen LogP contribution in [0.2, 0.25) is 5.02 Å². The molecule has 0 radical (unpaired) electrons. The molecule has 5 nitrogen and oxygen atoms in total. The molecule has 0 aromatic heterocycles. The topological polar surface area (TPSA) is 75.3 Å². The molecule has 1 saturated carbocycles. The number of benzene rings is 2. The van der Waals surface area contributed by atoms with Crippen molar-refractivity contribution in [3.05, 3.63) is 70.2 Å². The van der Waals surface area contributed by atoms with Crippen LogP contribution in [-0.2, 0) is 32.5 Å². The molecule has 7 heteroatoms. The van der Waals surface area contributed by atoms with Crippen LogP contribution in [-0.4, -0.2) is 21.4 Å². The summed E-state index contributed by atoms with van der Waals surface area (Å²) in [5.74, 6) is -0.0325. The van der Waals surface area contributed by atoms with Crippen molar-refractivity contribution >= 4 is 27.5 Å². The third-order valence-corrected chi connectivity index (χ3v) is 7.23. The molecule has 2 N–H and O–H groups in total. The largest absolute Gasteiger partial charge is 0.351 e. The molecule has 1 fully saturated rings. The number of nitrogens with one attached hydrogen (secondary N) is 2. The van der Waals surface area contributed by atoms with E-state index in [0.717, 1.165) is 43.2 Å². The minimum atomic E-state index is -3.30. The molecule has 0 atom stereocenters. The first-order valence-electron chi connectivity index (χ1n) is 9.88. The predicted octanol–water partition coefficient (Wildman–Crippen LogP) is 3.91. The smallest absolute Gasteiger partial charge is 0.230 e. The molecule has 1 amide bonds. The standard InChI is InChI=1S/C22H27ClN2O3S/c1-24-29(27,28)16-18-10-8-17(9-11-18)15-25-21(26)22(12-3-2-4-13-22)19-6-5-7-20(23)14-19/h5-11,14,24H,2-4,12-13,15-16H2,1H3,(H,25,26). The van der Waals surface area contributed by atoms with Crippen LogP contribution in [0.4, 0.5) is 0 Å². The van der Waals surface area contributed by atoms with E-state index in [9.17, 15) is 13.2 Å². The van der Waals surface area contributed by atoms with Gasteiger partial charge in [0.05, 0.1) is 11.2 Å². The summed E-state index contributed by atoms with van der Waals surface area (Å²) in [6, 6.07) is 14.9. The fourth-order valence-electron chi connectivity index (χ4n) is 3.98. The third kappa shape index (κ3) is 5.38. The maximum atomic E-state index is 13.3. The van der Waals surface area contributed by atoms with Gasteiger partial charge in [0.2, 0.25) is 15.9 Å². The normalized spacial score (nSPS) is 16.3. The van der Waals surface area contributed by atoms with Crippen LogP contribution in [0.25, 0.3) is 0 Å². The van der Waals surface area contributed by atoms with E-state index in [-0.39, 0.29) is 11.7 Å². The van der Waals surface area contributed by atoms with Crippen molar-refractivity contribution in [2.24, 2.45) is 0 Å². The summed E-state index contributed by atoms with van der Waals surface area (Å²) in [6.45, 7) is 0.403. The number of amides is 1. The van der Waals surface area contributed by atoms with Gasteiger partial charge in [-0.05, 0) is 48.7 Å². The van der Waals surface area contributed by atoms with Crippen LogP contribution in [0.15, 0.2) is 48.5 Å². The minimum Gasteiger partial charge on any atom is -0.351 e. The Labute approximate surface area is 177 Å². The van der Waals surface area contributed by atoms with Crippen LogP contribution in [0.3, 0.4) is 0 Å².